The molecule has 0 radical (unpaired) electrons. The average Bonchev–Trinajstić information content (AvgIpc) is 3.53. The van der Waals surface area contributed by atoms with Crippen LogP contribution in [0.4, 0.5) is 5.69 Å². The first-order valence-corrected chi connectivity index (χ1v) is 12.2. The lowest BCUT2D eigenvalue weighted by Gasteiger charge is -2.34. The average molecular weight is 426 g/mol. The second-order valence-corrected chi connectivity index (χ2v) is 10.4. The number of fused-ring (bicyclic) bond motifs is 1. The molecule has 1 saturated carbocycles. The van der Waals surface area contributed by atoms with Crippen molar-refractivity contribution in [1.29, 1.82) is 0 Å². The van der Waals surface area contributed by atoms with Gasteiger partial charge in [-0.1, -0.05) is 30.3 Å². The molecule has 0 unspecified atom stereocenters. The summed E-state index contributed by atoms with van der Waals surface area (Å²) in [5.41, 5.74) is 3.10. The lowest BCUT2D eigenvalue weighted by Crippen LogP contribution is -2.48. The van der Waals surface area contributed by atoms with Gasteiger partial charge in [-0.25, -0.2) is 8.42 Å². The fourth-order valence-electron chi connectivity index (χ4n) is 4.44. The summed E-state index contributed by atoms with van der Waals surface area (Å²) in [6.45, 7) is 3.95. The summed E-state index contributed by atoms with van der Waals surface area (Å²) >= 11 is 0. The number of benzene rings is 2. The Labute approximate surface area is 178 Å². The monoisotopic (exact) mass is 425 g/mol. The van der Waals surface area contributed by atoms with Gasteiger partial charge in [0.25, 0.3) is 0 Å². The number of hydrogen-bond donors (Lipinski definition) is 0. The van der Waals surface area contributed by atoms with Crippen LogP contribution in [0.2, 0.25) is 0 Å². The molecular weight excluding hydrogens is 398 g/mol. The maximum atomic E-state index is 13.2. The number of carbonyl (C=O) groups is 1. The van der Waals surface area contributed by atoms with Crippen molar-refractivity contribution in [3.63, 3.8) is 0 Å². The van der Waals surface area contributed by atoms with Crippen LogP contribution in [0.25, 0.3) is 0 Å². The van der Waals surface area contributed by atoms with E-state index in [2.05, 4.69) is 17.0 Å². The van der Waals surface area contributed by atoms with E-state index in [1.54, 1.807) is 16.4 Å². The van der Waals surface area contributed by atoms with Gasteiger partial charge in [-0.05, 0) is 48.6 Å². The van der Waals surface area contributed by atoms with Crippen LogP contribution in [-0.2, 0) is 27.8 Å². The summed E-state index contributed by atoms with van der Waals surface area (Å²) < 4.78 is 28.0. The van der Waals surface area contributed by atoms with Crippen molar-refractivity contribution < 1.29 is 13.2 Å². The molecule has 2 aromatic rings. The Morgan fingerprint density at radius 2 is 1.67 bits per heavy atom. The van der Waals surface area contributed by atoms with Crippen molar-refractivity contribution in [3.05, 3.63) is 59.7 Å². The van der Waals surface area contributed by atoms with Crippen molar-refractivity contribution >= 4 is 21.6 Å². The number of nitrogens with zero attached hydrogens (tertiary/aromatic N) is 3. The van der Waals surface area contributed by atoms with Gasteiger partial charge in [0.05, 0.1) is 4.90 Å². The summed E-state index contributed by atoms with van der Waals surface area (Å²) in [6, 6.07) is 15.5. The highest BCUT2D eigenvalue weighted by Crippen LogP contribution is 2.37. The minimum absolute atomic E-state index is 0.173. The van der Waals surface area contributed by atoms with E-state index >= 15 is 0 Å². The van der Waals surface area contributed by atoms with Crippen molar-refractivity contribution in [2.45, 2.75) is 30.7 Å². The summed E-state index contributed by atoms with van der Waals surface area (Å²) in [7, 11) is -3.52. The van der Waals surface area contributed by atoms with Crippen LogP contribution in [0.1, 0.15) is 24.0 Å². The molecule has 2 aliphatic heterocycles. The molecule has 5 rings (SSSR count). The molecule has 1 saturated heterocycles. The standard InChI is InChI=1S/C23H27N3O3S/c27-23(19-6-7-19)26-11-10-20-16-21(8-9-22(20)26)30(28,29)25-14-12-24(13-15-25)17-18-4-2-1-3-5-18/h1-5,8-9,16,19H,6-7,10-15,17H2. The van der Waals surface area contributed by atoms with E-state index in [-0.39, 0.29) is 11.8 Å². The zero-order valence-corrected chi connectivity index (χ0v) is 17.9. The summed E-state index contributed by atoms with van der Waals surface area (Å²) in [5, 5.41) is 0. The third-order valence-corrected chi connectivity index (χ3v) is 8.25. The molecule has 0 N–H and O–H groups in total. The highest BCUT2D eigenvalue weighted by Gasteiger charge is 2.37. The lowest BCUT2D eigenvalue weighted by molar-refractivity contribution is -0.119. The van der Waals surface area contributed by atoms with Crippen molar-refractivity contribution in [2.24, 2.45) is 5.92 Å². The first kappa shape index (κ1) is 19.7. The molecule has 0 bridgehead atoms. The van der Waals surface area contributed by atoms with Gasteiger partial charge in [-0.3, -0.25) is 9.69 Å². The quantitative estimate of drug-likeness (QED) is 0.739. The van der Waals surface area contributed by atoms with Gasteiger partial charge < -0.3 is 4.90 Å². The van der Waals surface area contributed by atoms with Gasteiger partial charge in [0, 0.05) is 50.9 Å². The van der Waals surface area contributed by atoms with Gasteiger partial charge in [0.15, 0.2) is 0 Å². The van der Waals surface area contributed by atoms with Gasteiger partial charge in [0.1, 0.15) is 0 Å². The number of rotatable bonds is 5. The molecule has 6 nitrogen and oxygen atoms in total. The first-order valence-electron chi connectivity index (χ1n) is 10.7. The third kappa shape index (κ3) is 3.77. The SMILES string of the molecule is O=C(C1CC1)N1CCc2cc(S(=O)(=O)N3CCN(Cc4ccccc4)CC3)ccc21. The first-order chi connectivity index (χ1) is 14.5. The number of amides is 1. The van der Waals surface area contributed by atoms with Crippen LogP contribution < -0.4 is 4.90 Å². The molecule has 30 heavy (non-hydrogen) atoms. The van der Waals surface area contributed by atoms with Crippen molar-refractivity contribution in [2.75, 3.05) is 37.6 Å². The zero-order chi connectivity index (χ0) is 20.7. The number of hydrogen-bond acceptors (Lipinski definition) is 4. The molecule has 0 aromatic heterocycles. The second-order valence-electron chi connectivity index (χ2n) is 8.47. The van der Waals surface area contributed by atoms with Crippen LogP contribution >= 0.6 is 0 Å². The number of piperazine rings is 1. The highest BCUT2D eigenvalue weighted by molar-refractivity contribution is 7.89. The molecule has 1 amide bonds. The predicted octanol–water partition coefficient (Wildman–Crippen LogP) is 2.49. The van der Waals surface area contributed by atoms with Gasteiger partial charge in [0.2, 0.25) is 15.9 Å². The normalized spacial score (nSPS) is 20.3. The molecule has 1 aliphatic carbocycles. The van der Waals surface area contributed by atoms with E-state index in [4.69, 9.17) is 0 Å². The van der Waals surface area contributed by atoms with E-state index in [1.807, 2.05) is 29.2 Å². The molecule has 0 spiro atoms. The molecule has 158 valence electrons. The summed E-state index contributed by atoms with van der Waals surface area (Å²) in [4.78, 5) is 16.9. The van der Waals surface area contributed by atoms with Crippen molar-refractivity contribution in [1.82, 2.24) is 9.21 Å². The third-order valence-electron chi connectivity index (χ3n) is 6.36. The largest absolute Gasteiger partial charge is 0.312 e. The Kier molecular flexibility index (Phi) is 5.13. The minimum Gasteiger partial charge on any atom is -0.312 e. The summed E-state index contributed by atoms with van der Waals surface area (Å²) in [6.07, 6.45) is 2.68. The Morgan fingerprint density at radius 3 is 2.37 bits per heavy atom. The van der Waals surface area contributed by atoms with E-state index < -0.39 is 10.0 Å². The molecular formula is C23H27N3O3S. The fraction of sp³-hybridized carbons (Fsp3) is 0.435. The minimum atomic E-state index is -3.52. The number of anilines is 1. The lowest BCUT2D eigenvalue weighted by atomic mass is 10.2. The van der Waals surface area contributed by atoms with E-state index in [0.29, 0.717) is 24.5 Å². The Balaban J connectivity index is 1.26. The van der Waals surface area contributed by atoms with Crippen LogP contribution in [0.15, 0.2) is 53.4 Å². The molecule has 3 aliphatic rings. The van der Waals surface area contributed by atoms with E-state index in [0.717, 1.165) is 50.1 Å². The maximum Gasteiger partial charge on any atom is 0.243 e. The van der Waals surface area contributed by atoms with Gasteiger partial charge in [-0.15, -0.1) is 0 Å². The topological polar surface area (TPSA) is 60.9 Å². The molecule has 2 fully saturated rings. The molecule has 0 atom stereocenters. The molecule has 2 aromatic carbocycles. The number of carbonyl (C=O) groups excluding carboxylic acids is 1. The fourth-order valence-corrected chi connectivity index (χ4v) is 5.91. The van der Waals surface area contributed by atoms with Crippen molar-refractivity contribution in [3.8, 4) is 0 Å². The van der Waals surface area contributed by atoms with E-state index in [9.17, 15) is 13.2 Å². The summed E-state index contributed by atoms with van der Waals surface area (Å²) in [5.74, 6) is 0.366. The van der Waals surface area contributed by atoms with Gasteiger partial charge >= 0.3 is 0 Å². The van der Waals surface area contributed by atoms with Crippen LogP contribution in [-0.4, -0.2) is 56.3 Å². The smallest absolute Gasteiger partial charge is 0.243 e. The zero-order valence-electron chi connectivity index (χ0n) is 17.0. The predicted molar refractivity (Wildman–Crippen MR) is 116 cm³/mol. The molecule has 7 heteroatoms. The highest BCUT2D eigenvalue weighted by atomic mass is 32.2. The Morgan fingerprint density at radius 1 is 0.933 bits per heavy atom. The van der Waals surface area contributed by atoms with Crippen LogP contribution in [0.5, 0.6) is 0 Å². The molecule has 2 heterocycles. The number of sulfonamides is 1. The van der Waals surface area contributed by atoms with Crippen LogP contribution in [0.3, 0.4) is 0 Å². The Hall–Kier alpha value is -2.22. The van der Waals surface area contributed by atoms with Crippen LogP contribution in [0, 0.1) is 5.92 Å². The van der Waals surface area contributed by atoms with Gasteiger partial charge in [-0.2, -0.15) is 4.31 Å². The second kappa shape index (κ2) is 7.80. The van der Waals surface area contributed by atoms with E-state index in [1.165, 1.54) is 5.56 Å². The Bertz CT molecular complexity index is 1040. The maximum absolute atomic E-state index is 13.2.